The van der Waals surface area contributed by atoms with Crippen molar-refractivity contribution < 1.29 is 14.6 Å². The molecular weight excluding hydrogens is 324 g/mol. The van der Waals surface area contributed by atoms with Gasteiger partial charge in [-0.25, -0.2) is 4.79 Å². The van der Waals surface area contributed by atoms with Crippen molar-refractivity contribution >= 4 is 27.6 Å². The molecule has 1 aromatic carbocycles. The molecule has 1 aromatic rings. The summed E-state index contributed by atoms with van der Waals surface area (Å²) in [7, 11) is 0. The predicted molar refractivity (Wildman–Crippen MR) is 83.2 cm³/mol. The Morgan fingerprint density at radius 3 is 2.95 bits per heavy atom. The van der Waals surface area contributed by atoms with Crippen LogP contribution < -0.4 is 10.1 Å². The largest absolute Gasteiger partial charge is 0.492 e. The molecule has 5 nitrogen and oxygen atoms in total. The number of carbonyl (C=O) groups is 1. The lowest BCUT2D eigenvalue weighted by Crippen LogP contribution is -2.37. The van der Waals surface area contributed by atoms with Gasteiger partial charge in [0, 0.05) is 17.6 Å². The van der Waals surface area contributed by atoms with Crippen molar-refractivity contribution in [3.8, 4) is 5.75 Å². The standard InChI is InChI=1S/C14H19BrN2O3/c1-3-7-17(8-9-18)14(19)16-12-10-11(15)5-6-13(12)20-4-2/h3,5-6,10,18H,1,4,7-9H2,2H3,(H,16,19). The number of urea groups is 1. The molecule has 0 spiro atoms. The second kappa shape index (κ2) is 8.60. The minimum absolute atomic E-state index is 0.0991. The molecular formula is C14H19BrN2O3. The Morgan fingerprint density at radius 2 is 2.35 bits per heavy atom. The first-order chi connectivity index (χ1) is 9.62. The second-order valence-electron chi connectivity index (χ2n) is 3.96. The van der Waals surface area contributed by atoms with Crippen molar-refractivity contribution in [2.45, 2.75) is 6.92 Å². The van der Waals surface area contributed by atoms with E-state index >= 15 is 0 Å². The van der Waals surface area contributed by atoms with Crippen molar-refractivity contribution in [1.82, 2.24) is 4.90 Å². The molecule has 0 fully saturated rings. The van der Waals surface area contributed by atoms with E-state index in [0.717, 1.165) is 4.47 Å². The van der Waals surface area contributed by atoms with Crippen LogP contribution in [0.2, 0.25) is 0 Å². The lowest BCUT2D eigenvalue weighted by Gasteiger charge is -2.21. The fraction of sp³-hybridized carbons (Fsp3) is 0.357. The molecule has 0 saturated heterocycles. The van der Waals surface area contributed by atoms with Gasteiger partial charge in [-0.05, 0) is 25.1 Å². The van der Waals surface area contributed by atoms with Crippen molar-refractivity contribution in [3.63, 3.8) is 0 Å². The van der Waals surface area contributed by atoms with Crippen LogP contribution in [0, 0.1) is 0 Å². The Labute approximate surface area is 127 Å². The summed E-state index contributed by atoms with van der Waals surface area (Å²) < 4.78 is 6.31. The molecule has 0 aromatic heterocycles. The maximum absolute atomic E-state index is 12.1. The van der Waals surface area contributed by atoms with Crippen LogP contribution in [0.1, 0.15) is 6.92 Å². The SMILES string of the molecule is C=CCN(CCO)C(=O)Nc1cc(Br)ccc1OCC. The van der Waals surface area contributed by atoms with Gasteiger partial charge < -0.3 is 20.1 Å². The molecule has 0 aliphatic rings. The maximum atomic E-state index is 12.1. The molecule has 110 valence electrons. The molecule has 0 heterocycles. The highest BCUT2D eigenvalue weighted by Gasteiger charge is 2.14. The molecule has 0 aliphatic heterocycles. The fourth-order valence-corrected chi connectivity index (χ4v) is 1.99. The van der Waals surface area contributed by atoms with Crippen LogP contribution in [-0.2, 0) is 0 Å². The number of aliphatic hydroxyl groups excluding tert-OH is 1. The minimum Gasteiger partial charge on any atom is -0.492 e. The molecule has 1 rings (SSSR count). The van der Waals surface area contributed by atoms with Crippen LogP contribution in [0.4, 0.5) is 10.5 Å². The third-order valence-corrected chi connectivity index (χ3v) is 2.98. The molecule has 0 unspecified atom stereocenters. The molecule has 20 heavy (non-hydrogen) atoms. The molecule has 2 N–H and O–H groups in total. The minimum atomic E-state index is -0.307. The third kappa shape index (κ3) is 4.86. The highest BCUT2D eigenvalue weighted by atomic mass is 79.9. The van der Waals surface area contributed by atoms with Crippen molar-refractivity contribution in [3.05, 3.63) is 35.3 Å². The summed E-state index contributed by atoms with van der Waals surface area (Å²) in [6.07, 6.45) is 1.61. The highest BCUT2D eigenvalue weighted by Crippen LogP contribution is 2.28. The maximum Gasteiger partial charge on any atom is 0.322 e. The van der Waals surface area contributed by atoms with E-state index in [0.29, 0.717) is 24.6 Å². The number of benzene rings is 1. The van der Waals surface area contributed by atoms with E-state index in [1.54, 1.807) is 18.2 Å². The summed E-state index contributed by atoms with van der Waals surface area (Å²) >= 11 is 3.36. The topological polar surface area (TPSA) is 61.8 Å². The van der Waals surface area contributed by atoms with Crippen LogP contribution >= 0.6 is 15.9 Å². The smallest absolute Gasteiger partial charge is 0.322 e. The first-order valence-electron chi connectivity index (χ1n) is 6.32. The molecule has 0 atom stereocenters. The second-order valence-corrected chi connectivity index (χ2v) is 4.88. The van der Waals surface area contributed by atoms with E-state index in [9.17, 15) is 4.79 Å². The Balaban J connectivity index is 2.86. The van der Waals surface area contributed by atoms with Gasteiger partial charge in [0.2, 0.25) is 0 Å². The molecule has 0 saturated carbocycles. The van der Waals surface area contributed by atoms with Gasteiger partial charge in [0.15, 0.2) is 0 Å². The number of halogens is 1. The van der Waals surface area contributed by atoms with Crippen molar-refractivity contribution in [2.24, 2.45) is 0 Å². The van der Waals surface area contributed by atoms with Crippen LogP contribution in [-0.4, -0.2) is 42.3 Å². The highest BCUT2D eigenvalue weighted by molar-refractivity contribution is 9.10. The molecule has 0 aliphatic carbocycles. The first kappa shape index (κ1) is 16.5. The molecule has 2 amide bonds. The number of nitrogens with one attached hydrogen (secondary N) is 1. The van der Waals surface area contributed by atoms with Gasteiger partial charge in [-0.3, -0.25) is 0 Å². The van der Waals surface area contributed by atoms with Crippen LogP contribution in [0.5, 0.6) is 5.75 Å². The Kier molecular flexibility index (Phi) is 7.11. The van der Waals surface area contributed by atoms with Gasteiger partial charge in [-0.15, -0.1) is 6.58 Å². The van der Waals surface area contributed by atoms with Gasteiger partial charge in [0.05, 0.1) is 18.9 Å². The number of anilines is 1. The van der Waals surface area contributed by atoms with E-state index in [2.05, 4.69) is 27.8 Å². The molecule has 0 radical (unpaired) electrons. The average molecular weight is 343 g/mol. The van der Waals surface area contributed by atoms with Crippen LogP contribution in [0.15, 0.2) is 35.3 Å². The van der Waals surface area contributed by atoms with Gasteiger partial charge in [-0.2, -0.15) is 0 Å². The molecule has 6 heteroatoms. The Morgan fingerprint density at radius 1 is 1.60 bits per heavy atom. The zero-order chi connectivity index (χ0) is 15.0. The zero-order valence-corrected chi connectivity index (χ0v) is 13.0. The Hall–Kier alpha value is -1.53. The normalized spacial score (nSPS) is 9.95. The number of amides is 2. The van der Waals surface area contributed by atoms with Crippen molar-refractivity contribution in [1.29, 1.82) is 0 Å². The fourth-order valence-electron chi connectivity index (χ4n) is 1.63. The summed E-state index contributed by atoms with van der Waals surface area (Å²) in [6, 6.07) is 5.09. The average Bonchev–Trinajstić information content (AvgIpc) is 2.41. The van der Waals surface area contributed by atoms with Gasteiger partial charge in [0.25, 0.3) is 0 Å². The van der Waals surface area contributed by atoms with E-state index in [1.165, 1.54) is 4.90 Å². The number of hydrogen-bond donors (Lipinski definition) is 2. The van der Waals surface area contributed by atoms with E-state index in [-0.39, 0.29) is 19.2 Å². The number of nitrogens with zero attached hydrogens (tertiary/aromatic N) is 1. The number of rotatable bonds is 7. The lowest BCUT2D eigenvalue weighted by atomic mass is 10.3. The van der Waals surface area contributed by atoms with Gasteiger partial charge >= 0.3 is 6.03 Å². The number of carbonyl (C=O) groups excluding carboxylic acids is 1. The number of ether oxygens (including phenoxy) is 1. The van der Waals surface area contributed by atoms with Gasteiger partial charge in [-0.1, -0.05) is 22.0 Å². The van der Waals surface area contributed by atoms with E-state index < -0.39 is 0 Å². The summed E-state index contributed by atoms with van der Waals surface area (Å²) in [5.74, 6) is 0.603. The monoisotopic (exact) mass is 342 g/mol. The van der Waals surface area contributed by atoms with Gasteiger partial charge in [0.1, 0.15) is 5.75 Å². The third-order valence-electron chi connectivity index (χ3n) is 2.49. The Bertz CT molecular complexity index is 466. The zero-order valence-electron chi connectivity index (χ0n) is 11.4. The predicted octanol–water partition coefficient (Wildman–Crippen LogP) is 2.86. The van der Waals surface area contributed by atoms with E-state index in [1.807, 2.05) is 13.0 Å². The van der Waals surface area contributed by atoms with E-state index in [4.69, 9.17) is 9.84 Å². The lowest BCUT2D eigenvalue weighted by molar-refractivity contribution is 0.195. The summed E-state index contributed by atoms with van der Waals surface area (Å²) in [5.41, 5.74) is 0.582. The summed E-state index contributed by atoms with van der Waals surface area (Å²) in [4.78, 5) is 13.6. The number of hydrogen-bond acceptors (Lipinski definition) is 3. The van der Waals surface area contributed by atoms with Crippen LogP contribution in [0.3, 0.4) is 0 Å². The summed E-state index contributed by atoms with van der Waals surface area (Å²) in [6.45, 7) is 6.50. The summed E-state index contributed by atoms with van der Waals surface area (Å²) in [5, 5.41) is 11.8. The quantitative estimate of drug-likeness (QED) is 0.749. The van der Waals surface area contributed by atoms with Crippen molar-refractivity contribution in [2.75, 3.05) is 31.6 Å². The van der Waals surface area contributed by atoms with Crippen LogP contribution in [0.25, 0.3) is 0 Å². The molecule has 0 bridgehead atoms. The number of aliphatic hydroxyl groups is 1. The first-order valence-corrected chi connectivity index (χ1v) is 7.11.